The maximum absolute atomic E-state index is 12.7. The number of carbonyl (C=O) groups is 4. The van der Waals surface area contributed by atoms with Crippen LogP contribution in [0.3, 0.4) is 0 Å². The summed E-state index contributed by atoms with van der Waals surface area (Å²) in [6.45, 7) is 8.93. The third-order valence-electron chi connectivity index (χ3n) is 5.31. The van der Waals surface area contributed by atoms with Gasteiger partial charge in [0, 0.05) is 31.3 Å². The fraction of sp³-hybridized carbons (Fsp3) is 0.810. The second-order valence-corrected chi connectivity index (χ2v) is 9.02. The van der Waals surface area contributed by atoms with Crippen molar-refractivity contribution in [3.63, 3.8) is 0 Å². The first-order valence-corrected chi connectivity index (χ1v) is 11.6. The Morgan fingerprint density at radius 2 is 1.79 bits per heavy atom. The molecule has 0 aromatic carbocycles. The lowest BCUT2D eigenvalue weighted by Gasteiger charge is -2.27. The van der Waals surface area contributed by atoms with E-state index in [1.165, 1.54) is 16.7 Å². The van der Waals surface area contributed by atoms with Crippen molar-refractivity contribution in [3.05, 3.63) is 0 Å². The van der Waals surface area contributed by atoms with Crippen molar-refractivity contribution >= 4 is 35.3 Å². The quantitative estimate of drug-likeness (QED) is 0.349. The van der Waals surface area contributed by atoms with E-state index in [0.29, 0.717) is 6.54 Å². The van der Waals surface area contributed by atoms with Crippen molar-refractivity contribution < 1.29 is 19.2 Å². The Morgan fingerprint density at radius 3 is 2.36 bits per heavy atom. The summed E-state index contributed by atoms with van der Waals surface area (Å²) in [5.74, 6) is -0.241. The molecule has 6 nitrogen and oxygen atoms in total. The number of hydrogen-bond donors (Lipinski definition) is 1. The van der Waals surface area contributed by atoms with E-state index in [2.05, 4.69) is 19.2 Å². The highest BCUT2D eigenvalue weighted by atomic mass is 32.2. The molecule has 0 radical (unpaired) electrons. The van der Waals surface area contributed by atoms with Crippen LogP contribution in [0, 0.1) is 5.41 Å². The number of nitrogens with one attached hydrogen (secondary N) is 1. The van der Waals surface area contributed by atoms with Crippen molar-refractivity contribution in [2.24, 2.45) is 5.41 Å². The topological polar surface area (TPSA) is 83.6 Å². The first-order valence-electron chi connectivity index (χ1n) is 10.5. The normalized spacial score (nSPS) is 17.3. The van der Waals surface area contributed by atoms with Crippen LogP contribution >= 0.6 is 11.8 Å². The lowest BCUT2D eigenvalue weighted by molar-refractivity contribution is -0.138. The van der Waals surface area contributed by atoms with E-state index in [0.717, 1.165) is 38.5 Å². The Hall–Kier alpha value is -1.37. The Bertz CT molecular complexity index is 559. The average Bonchev–Trinajstić information content (AvgIpc) is 2.91. The number of ketones is 1. The summed E-state index contributed by atoms with van der Waals surface area (Å²) in [6, 6.07) is 0. The van der Waals surface area contributed by atoms with Crippen LogP contribution in [0.5, 0.6) is 0 Å². The molecule has 1 N–H and O–H groups in total. The standard InChI is InChI=1S/C21H36N2O4S/c1-5-8-12-22-18(25)9-13-23-19(26)14-16(20(23)27)28-15-17(24)21(4,10-6-2)11-7-3/h16H,5-15H2,1-4H3,(H,22,25). The molecule has 3 amide bonds. The van der Waals surface area contributed by atoms with Crippen LogP contribution in [0.15, 0.2) is 0 Å². The zero-order valence-electron chi connectivity index (χ0n) is 17.8. The highest BCUT2D eigenvalue weighted by molar-refractivity contribution is 8.01. The number of likely N-dealkylation sites (tertiary alicyclic amines) is 1. The van der Waals surface area contributed by atoms with Crippen molar-refractivity contribution in [2.75, 3.05) is 18.8 Å². The predicted molar refractivity (Wildman–Crippen MR) is 113 cm³/mol. The first-order chi connectivity index (χ1) is 13.3. The van der Waals surface area contributed by atoms with Gasteiger partial charge < -0.3 is 5.32 Å². The van der Waals surface area contributed by atoms with Crippen molar-refractivity contribution in [1.82, 2.24) is 10.2 Å². The second-order valence-electron chi connectivity index (χ2n) is 7.82. The monoisotopic (exact) mass is 412 g/mol. The fourth-order valence-corrected chi connectivity index (χ4v) is 4.81. The molecule has 1 atom stereocenters. The van der Waals surface area contributed by atoms with Crippen LogP contribution in [0.2, 0.25) is 0 Å². The molecule has 1 aliphatic heterocycles. The van der Waals surface area contributed by atoms with Crippen LogP contribution in [0.1, 0.15) is 79.1 Å². The third kappa shape index (κ3) is 7.22. The summed E-state index contributed by atoms with van der Waals surface area (Å²) in [5, 5.41) is 2.28. The molecule has 28 heavy (non-hydrogen) atoms. The molecule has 7 heteroatoms. The minimum Gasteiger partial charge on any atom is -0.356 e. The zero-order chi connectivity index (χ0) is 21.2. The van der Waals surface area contributed by atoms with Gasteiger partial charge in [-0.15, -0.1) is 11.8 Å². The fourth-order valence-electron chi connectivity index (χ4n) is 3.58. The highest BCUT2D eigenvalue weighted by Gasteiger charge is 2.40. The number of amides is 3. The molecule has 1 aliphatic rings. The molecule has 0 aromatic heterocycles. The van der Waals surface area contributed by atoms with Gasteiger partial charge in [0.1, 0.15) is 5.78 Å². The van der Waals surface area contributed by atoms with Gasteiger partial charge in [-0.2, -0.15) is 0 Å². The predicted octanol–water partition coefficient (Wildman–Crippen LogP) is 3.33. The summed E-state index contributed by atoms with van der Waals surface area (Å²) in [6.07, 6.45) is 5.73. The smallest absolute Gasteiger partial charge is 0.242 e. The van der Waals surface area contributed by atoms with Gasteiger partial charge in [-0.25, -0.2) is 0 Å². The summed E-state index contributed by atoms with van der Waals surface area (Å²) in [5.41, 5.74) is -0.349. The number of thioether (sulfide) groups is 1. The molecule has 1 saturated heterocycles. The van der Waals surface area contributed by atoms with Gasteiger partial charge in [-0.05, 0) is 19.3 Å². The SMILES string of the molecule is CCCCNC(=O)CCN1C(=O)CC(SCC(=O)C(C)(CCC)CCC)C1=O. The van der Waals surface area contributed by atoms with Crippen LogP contribution in [-0.4, -0.2) is 52.5 Å². The molecule has 160 valence electrons. The lowest BCUT2D eigenvalue weighted by Crippen LogP contribution is -2.36. The Labute approximate surface area is 173 Å². The second kappa shape index (κ2) is 12.2. The van der Waals surface area contributed by atoms with Crippen molar-refractivity contribution in [2.45, 2.75) is 84.3 Å². The van der Waals surface area contributed by atoms with E-state index in [4.69, 9.17) is 0 Å². The Kier molecular flexibility index (Phi) is 10.8. The maximum atomic E-state index is 12.7. The van der Waals surface area contributed by atoms with E-state index in [1.54, 1.807) is 0 Å². The number of carbonyl (C=O) groups excluding carboxylic acids is 4. The van der Waals surface area contributed by atoms with Crippen molar-refractivity contribution in [3.8, 4) is 0 Å². The molecule has 0 aromatic rings. The Morgan fingerprint density at radius 1 is 1.14 bits per heavy atom. The average molecular weight is 413 g/mol. The highest BCUT2D eigenvalue weighted by Crippen LogP contribution is 2.33. The lowest BCUT2D eigenvalue weighted by atomic mass is 9.78. The number of nitrogens with zero attached hydrogens (tertiary/aromatic N) is 1. The van der Waals surface area contributed by atoms with Crippen LogP contribution in [-0.2, 0) is 19.2 Å². The molecule has 1 fully saturated rings. The largest absolute Gasteiger partial charge is 0.356 e. The summed E-state index contributed by atoms with van der Waals surface area (Å²) in [4.78, 5) is 50.4. The van der Waals surface area contributed by atoms with E-state index in [1.807, 2.05) is 13.8 Å². The molecule has 0 saturated carbocycles. The number of rotatable bonds is 14. The molecular formula is C21H36N2O4S. The molecule has 0 bridgehead atoms. The van der Waals surface area contributed by atoms with Gasteiger partial charge in [-0.1, -0.05) is 47.0 Å². The van der Waals surface area contributed by atoms with Gasteiger partial charge in [-0.3, -0.25) is 24.1 Å². The Balaban J connectivity index is 2.52. The van der Waals surface area contributed by atoms with Gasteiger partial charge >= 0.3 is 0 Å². The van der Waals surface area contributed by atoms with E-state index >= 15 is 0 Å². The van der Waals surface area contributed by atoms with Gasteiger partial charge in [0.25, 0.3) is 0 Å². The van der Waals surface area contributed by atoms with Crippen LogP contribution < -0.4 is 5.32 Å². The van der Waals surface area contributed by atoms with Gasteiger partial charge in [0.15, 0.2) is 0 Å². The summed E-state index contributed by atoms with van der Waals surface area (Å²) >= 11 is 1.28. The maximum Gasteiger partial charge on any atom is 0.242 e. The van der Waals surface area contributed by atoms with E-state index < -0.39 is 5.25 Å². The number of imide groups is 1. The molecule has 0 aliphatic carbocycles. The number of hydrogen-bond acceptors (Lipinski definition) is 5. The third-order valence-corrected chi connectivity index (χ3v) is 6.51. The summed E-state index contributed by atoms with van der Waals surface area (Å²) < 4.78 is 0. The van der Waals surface area contributed by atoms with Crippen LogP contribution in [0.4, 0.5) is 0 Å². The number of unbranched alkanes of at least 4 members (excludes halogenated alkanes) is 1. The first kappa shape index (κ1) is 24.7. The minimum atomic E-state index is -0.507. The molecule has 0 spiro atoms. The van der Waals surface area contributed by atoms with E-state index in [-0.39, 0.29) is 54.1 Å². The summed E-state index contributed by atoms with van der Waals surface area (Å²) in [7, 11) is 0. The minimum absolute atomic E-state index is 0.115. The van der Waals surface area contributed by atoms with Crippen molar-refractivity contribution in [1.29, 1.82) is 0 Å². The van der Waals surface area contributed by atoms with E-state index in [9.17, 15) is 19.2 Å². The van der Waals surface area contributed by atoms with Gasteiger partial charge in [0.2, 0.25) is 17.7 Å². The molecular weight excluding hydrogens is 376 g/mol. The molecule has 1 heterocycles. The van der Waals surface area contributed by atoms with Crippen LogP contribution in [0.25, 0.3) is 0 Å². The number of Topliss-reactive ketones (excluding diaryl/α,β-unsaturated/α-hetero) is 1. The zero-order valence-corrected chi connectivity index (χ0v) is 18.7. The van der Waals surface area contributed by atoms with Gasteiger partial charge in [0.05, 0.1) is 11.0 Å². The molecule has 1 rings (SSSR count). The molecule has 1 unspecified atom stereocenters.